The van der Waals surface area contributed by atoms with Crippen LogP contribution in [0.25, 0.3) is 0 Å². The van der Waals surface area contributed by atoms with Gasteiger partial charge in [0.1, 0.15) is 0 Å². The number of piperidine rings is 1. The summed E-state index contributed by atoms with van der Waals surface area (Å²) in [6, 6.07) is 6.25. The monoisotopic (exact) mass is 515 g/mol. The highest BCUT2D eigenvalue weighted by molar-refractivity contribution is 9.10. The molecule has 1 aliphatic carbocycles. The van der Waals surface area contributed by atoms with Gasteiger partial charge >= 0.3 is 16.3 Å². The molecule has 3 aliphatic rings. The zero-order chi connectivity index (χ0) is 22.6. The molecule has 0 spiro atoms. The Hall–Kier alpha value is -1.00. The maximum Gasteiger partial charge on any atom is 0.387 e. The molecule has 0 radical (unpaired) electrons. The first-order valence-electron chi connectivity index (χ1n) is 10.8. The molecule has 31 heavy (non-hydrogen) atoms. The number of carbonyl (C=O) groups excluding carboxylic acids is 1. The second-order valence-corrected chi connectivity index (χ2v) is 12.0. The van der Waals surface area contributed by atoms with Crippen molar-refractivity contribution in [1.82, 2.24) is 4.31 Å². The molecular weight excluding hydrogens is 486 g/mol. The van der Waals surface area contributed by atoms with Crippen molar-refractivity contribution in [3.8, 4) is 0 Å². The van der Waals surface area contributed by atoms with Gasteiger partial charge in [-0.2, -0.15) is 12.7 Å². The molecule has 4 rings (SSSR count). The van der Waals surface area contributed by atoms with Gasteiger partial charge in [0.25, 0.3) is 0 Å². The molecule has 172 valence electrons. The first-order valence-corrected chi connectivity index (χ1v) is 12.9. The number of aryl methyl sites for hydroxylation is 1. The van der Waals surface area contributed by atoms with Crippen LogP contribution in [-0.4, -0.2) is 49.3 Å². The van der Waals surface area contributed by atoms with E-state index in [0.29, 0.717) is 44.7 Å². The summed E-state index contributed by atoms with van der Waals surface area (Å²) in [5.41, 5.74) is 1.77. The molecule has 3 atom stereocenters. The Morgan fingerprint density at radius 3 is 2.52 bits per heavy atom. The number of benzene rings is 1. The molecule has 3 fully saturated rings. The van der Waals surface area contributed by atoms with Gasteiger partial charge in [-0.25, -0.2) is 0 Å². The third-order valence-corrected chi connectivity index (χ3v) is 8.94. The molecule has 0 N–H and O–H groups in total. The van der Waals surface area contributed by atoms with Crippen molar-refractivity contribution < 1.29 is 26.9 Å². The fourth-order valence-electron chi connectivity index (χ4n) is 5.16. The van der Waals surface area contributed by atoms with E-state index >= 15 is 0 Å². The summed E-state index contributed by atoms with van der Waals surface area (Å²) in [5, 5.41) is 0. The topological polar surface area (TPSA) is 82.1 Å². The predicted octanol–water partition coefficient (Wildman–Crippen LogP) is 4.05. The average molecular weight is 516 g/mol. The first kappa shape index (κ1) is 23.2. The van der Waals surface area contributed by atoms with Crippen LogP contribution < -0.4 is 0 Å². The fraction of sp³-hybridized carbons (Fsp3) is 0.682. The van der Waals surface area contributed by atoms with Crippen LogP contribution in [0.2, 0.25) is 0 Å². The van der Waals surface area contributed by atoms with E-state index in [4.69, 9.17) is 13.7 Å². The van der Waals surface area contributed by atoms with Gasteiger partial charge < -0.3 is 13.7 Å². The summed E-state index contributed by atoms with van der Waals surface area (Å²) in [7, 11) is -4.11. The maximum absolute atomic E-state index is 12.7. The van der Waals surface area contributed by atoms with Crippen LogP contribution in [-0.2, 0) is 28.8 Å². The molecule has 9 heteroatoms. The predicted molar refractivity (Wildman–Crippen MR) is 119 cm³/mol. The highest BCUT2D eigenvalue weighted by atomic mass is 79.9. The number of rotatable bonds is 4. The van der Waals surface area contributed by atoms with Crippen LogP contribution in [0.3, 0.4) is 0 Å². The summed E-state index contributed by atoms with van der Waals surface area (Å²) in [5.74, 6) is -1.67. The zero-order valence-corrected chi connectivity index (χ0v) is 20.8. The molecule has 2 aliphatic heterocycles. The number of halogens is 1. The van der Waals surface area contributed by atoms with Gasteiger partial charge in [0.15, 0.2) is 5.79 Å². The Labute approximate surface area is 192 Å². The minimum atomic E-state index is -4.11. The lowest BCUT2D eigenvalue weighted by Crippen LogP contribution is -2.40. The first-order chi connectivity index (χ1) is 14.4. The zero-order valence-electron chi connectivity index (χ0n) is 18.4. The lowest BCUT2D eigenvalue weighted by molar-refractivity contribution is -0.172. The van der Waals surface area contributed by atoms with Gasteiger partial charge in [-0.1, -0.05) is 28.1 Å². The van der Waals surface area contributed by atoms with E-state index in [9.17, 15) is 13.2 Å². The minimum Gasteiger partial charge on any atom is -0.344 e. The van der Waals surface area contributed by atoms with Gasteiger partial charge in [0.2, 0.25) is 0 Å². The number of carbonyl (C=O) groups is 1. The lowest BCUT2D eigenvalue weighted by Gasteiger charge is -2.31. The van der Waals surface area contributed by atoms with Gasteiger partial charge in [-0.15, -0.1) is 0 Å². The van der Waals surface area contributed by atoms with Crippen LogP contribution in [0.15, 0.2) is 22.7 Å². The highest BCUT2D eigenvalue weighted by Gasteiger charge is 2.57. The summed E-state index contributed by atoms with van der Waals surface area (Å²) in [6.45, 7) is 8.30. The molecule has 1 saturated carbocycles. The molecule has 2 saturated heterocycles. The molecule has 1 aromatic rings. The van der Waals surface area contributed by atoms with Crippen molar-refractivity contribution in [3.63, 3.8) is 0 Å². The normalized spacial score (nSPS) is 31.5. The molecule has 0 amide bonds. The maximum atomic E-state index is 12.7. The Balaban J connectivity index is 1.34. The van der Waals surface area contributed by atoms with Crippen LogP contribution in [0.5, 0.6) is 0 Å². The van der Waals surface area contributed by atoms with E-state index in [2.05, 4.69) is 28.1 Å². The second kappa shape index (κ2) is 8.09. The van der Waals surface area contributed by atoms with Crippen molar-refractivity contribution in [1.29, 1.82) is 0 Å². The Morgan fingerprint density at radius 2 is 1.90 bits per heavy atom. The van der Waals surface area contributed by atoms with Crippen molar-refractivity contribution in [2.45, 2.75) is 76.8 Å². The largest absolute Gasteiger partial charge is 0.387 e. The molecule has 0 aromatic heterocycles. The van der Waals surface area contributed by atoms with Gasteiger partial charge in [0.05, 0.1) is 17.6 Å². The van der Waals surface area contributed by atoms with Crippen LogP contribution in [0.4, 0.5) is 0 Å². The minimum absolute atomic E-state index is 0.243. The second-order valence-electron chi connectivity index (χ2n) is 9.60. The van der Waals surface area contributed by atoms with E-state index < -0.39 is 33.6 Å². The summed E-state index contributed by atoms with van der Waals surface area (Å²) in [6.07, 6.45) is 1.93. The average Bonchev–Trinajstić information content (AvgIpc) is 3.10. The smallest absolute Gasteiger partial charge is 0.344 e. The summed E-state index contributed by atoms with van der Waals surface area (Å²) < 4.78 is 44.7. The van der Waals surface area contributed by atoms with Gasteiger partial charge in [-0.05, 0) is 76.5 Å². The van der Waals surface area contributed by atoms with Crippen LogP contribution in [0.1, 0.15) is 63.5 Å². The molecule has 2 heterocycles. The van der Waals surface area contributed by atoms with E-state index in [1.807, 2.05) is 33.8 Å². The SMILES string of the molecule is Cc1cc(C2CCN(S(=O)(=O)OC(=O)[C@@H]3C[C@H]4OC(C)(C)O[C@@]4(C)C3)CC2)ccc1Br. The molecule has 7 nitrogen and oxygen atoms in total. The quantitative estimate of drug-likeness (QED) is 0.601. The number of nitrogens with zero attached hydrogens (tertiary/aromatic N) is 1. The number of hydrogen-bond donors (Lipinski definition) is 0. The molecule has 0 unspecified atom stereocenters. The third kappa shape index (κ3) is 4.71. The Kier molecular flexibility index (Phi) is 6.05. The van der Waals surface area contributed by atoms with E-state index in [1.165, 1.54) is 9.87 Å². The Morgan fingerprint density at radius 1 is 1.23 bits per heavy atom. The highest BCUT2D eigenvalue weighted by Crippen LogP contribution is 2.49. The lowest BCUT2D eigenvalue weighted by atomic mass is 9.89. The van der Waals surface area contributed by atoms with Crippen molar-refractivity contribution in [3.05, 3.63) is 33.8 Å². The molecule has 1 aromatic carbocycles. The summed E-state index contributed by atoms with van der Waals surface area (Å²) >= 11 is 3.51. The van der Waals surface area contributed by atoms with Crippen LogP contribution in [0, 0.1) is 12.8 Å². The molecule has 0 bridgehead atoms. The summed E-state index contributed by atoms with van der Waals surface area (Å²) in [4.78, 5) is 12.6. The van der Waals surface area contributed by atoms with Gasteiger partial charge in [0, 0.05) is 17.6 Å². The Bertz CT molecular complexity index is 972. The van der Waals surface area contributed by atoms with Crippen molar-refractivity contribution >= 4 is 32.2 Å². The standard InChI is InChI=1S/C22H30BrNO6S/c1-14-11-16(5-6-18(14)23)15-7-9-24(10-8-15)31(26,27)29-20(25)17-12-19-22(4,13-17)30-21(2,3)28-19/h5-6,11,15,17,19H,7-10,12-13H2,1-4H3/t17-,19-,22+/m1/s1. The van der Waals surface area contributed by atoms with E-state index in [-0.39, 0.29) is 6.10 Å². The van der Waals surface area contributed by atoms with E-state index in [1.54, 1.807) is 0 Å². The van der Waals surface area contributed by atoms with Crippen molar-refractivity contribution in [2.75, 3.05) is 13.1 Å². The number of fused-ring (bicyclic) bond motifs is 1. The van der Waals surface area contributed by atoms with Gasteiger partial charge in [-0.3, -0.25) is 4.79 Å². The number of ether oxygens (including phenoxy) is 2. The van der Waals surface area contributed by atoms with E-state index in [0.717, 1.165) is 10.0 Å². The molecular formula is C22H30BrNO6S. The number of hydrogen-bond acceptors (Lipinski definition) is 6. The van der Waals surface area contributed by atoms with Crippen molar-refractivity contribution in [2.24, 2.45) is 5.92 Å². The fourth-order valence-corrected chi connectivity index (χ4v) is 6.51. The van der Waals surface area contributed by atoms with Crippen LogP contribution >= 0.6 is 15.9 Å². The third-order valence-electron chi connectivity index (χ3n) is 6.68.